The number of halogens is 1. The lowest BCUT2D eigenvalue weighted by atomic mass is 9.97. The highest BCUT2D eigenvalue weighted by Crippen LogP contribution is 2.16. The number of esters is 1. The molecule has 0 aliphatic heterocycles. The van der Waals surface area contributed by atoms with Crippen LogP contribution < -0.4 is 0 Å². The van der Waals surface area contributed by atoms with Gasteiger partial charge in [0.2, 0.25) is 0 Å². The molecule has 1 aromatic carbocycles. The standard InChI is InChI=1S/C14H15ClO5/c1-2-20-14(19)10-4-3-9(7-13(17)18)11(5-10)6-12(16)8-15/h3-5H,2,6-8H2,1H3,(H,17,18). The number of carboxylic acids is 1. The maximum atomic E-state index is 11.6. The van der Waals surface area contributed by atoms with Gasteiger partial charge in [-0.15, -0.1) is 11.6 Å². The van der Waals surface area contributed by atoms with Crippen molar-refractivity contribution >= 4 is 29.3 Å². The summed E-state index contributed by atoms with van der Waals surface area (Å²) in [5.41, 5.74) is 1.27. The van der Waals surface area contributed by atoms with Gasteiger partial charge in [-0.3, -0.25) is 9.59 Å². The zero-order chi connectivity index (χ0) is 15.1. The molecule has 0 atom stereocenters. The number of ketones is 1. The van der Waals surface area contributed by atoms with Crippen LogP contribution in [0.25, 0.3) is 0 Å². The number of alkyl halides is 1. The number of carboxylic acid groups (broad SMARTS) is 1. The van der Waals surface area contributed by atoms with Crippen LogP contribution in [0, 0.1) is 0 Å². The molecular weight excluding hydrogens is 284 g/mol. The molecule has 6 heteroatoms. The third-order valence-electron chi connectivity index (χ3n) is 2.60. The maximum absolute atomic E-state index is 11.6. The molecule has 0 aliphatic rings. The normalized spacial score (nSPS) is 10.1. The Morgan fingerprint density at radius 2 is 1.90 bits per heavy atom. The predicted octanol–water partition coefficient (Wildman–Crippen LogP) is 1.84. The molecule has 0 spiro atoms. The van der Waals surface area contributed by atoms with Gasteiger partial charge in [-0.25, -0.2) is 4.79 Å². The molecule has 1 rings (SSSR count). The number of benzene rings is 1. The summed E-state index contributed by atoms with van der Waals surface area (Å²) in [5.74, 6) is -1.91. The molecule has 1 N–H and O–H groups in total. The SMILES string of the molecule is CCOC(=O)c1ccc(CC(=O)O)c(CC(=O)CCl)c1. The lowest BCUT2D eigenvalue weighted by Gasteiger charge is -2.09. The van der Waals surface area contributed by atoms with Crippen molar-refractivity contribution in [1.82, 2.24) is 0 Å². The largest absolute Gasteiger partial charge is 0.481 e. The van der Waals surface area contributed by atoms with Gasteiger partial charge in [0.15, 0.2) is 5.78 Å². The smallest absolute Gasteiger partial charge is 0.338 e. The second-order valence-corrected chi connectivity index (χ2v) is 4.39. The quantitative estimate of drug-likeness (QED) is 0.613. The molecule has 0 amide bonds. The van der Waals surface area contributed by atoms with Gasteiger partial charge >= 0.3 is 11.9 Å². The van der Waals surface area contributed by atoms with Crippen LogP contribution in [-0.2, 0) is 27.2 Å². The second kappa shape index (κ2) is 7.65. The fourth-order valence-electron chi connectivity index (χ4n) is 1.73. The monoisotopic (exact) mass is 298 g/mol. The van der Waals surface area contributed by atoms with Crippen LogP contribution in [-0.4, -0.2) is 35.3 Å². The van der Waals surface area contributed by atoms with E-state index in [1.807, 2.05) is 0 Å². The summed E-state index contributed by atoms with van der Waals surface area (Å²) >= 11 is 5.45. The Hall–Kier alpha value is -1.88. The number of carbonyl (C=O) groups excluding carboxylic acids is 2. The minimum Gasteiger partial charge on any atom is -0.481 e. The molecule has 0 heterocycles. The van der Waals surface area contributed by atoms with Crippen LogP contribution >= 0.6 is 11.6 Å². The van der Waals surface area contributed by atoms with E-state index in [-0.39, 0.29) is 31.1 Å². The van der Waals surface area contributed by atoms with Crippen LogP contribution in [0.5, 0.6) is 0 Å². The third kappa shape index (κ3) is 4.66. The molecule has 0 fully saturated rings. The molecule has 0 bridgehead atoms. The molecule has 108 valence electrons. The molecular formula is C14H15ClO5. The molecule has 0 saturated carbocycles. The molecule has 0 radical (unpaired) electrons. The van der Waals surface area contributed by atoms with Crippen molar-refractivity contribution in [2.45, 2.75) is 19.8 Å². The number of carbonyl (C=O) groups is 3. The molecule has 1 aromatic rings. The second-order valence-electron chi connectivity index (χ2n) is 4.12. The van der Waals surface area contributed by atoms with Gasteiger partial charge < -0.3 is 9.84 Å². The fraction of sp³-hybridized carbons (Fsp3) is 0.357. The van der Waals surface area contributed by atoms with Crippen molar-refractivity contribution in [2.24, 2.45) is 0 Å². The van der Waals surface area contributed by atoms with Crippen LogP contribution in [0.1, 0.15) is 28.4 Å². The van der Waals surface area contributed by atoms with Crippen molar-refractivity contribution in [2.75, 3.05) is 12.5 Å². The third-order valence-corrected chi connectivity index (χ3v) is 2.89. The average Bonchev–Trinajstić information content (AvgIpc) is 2.40. The Labute approximate surface area is 121 Å². The first kappa shape index (κ1) is 16.2. The Morgan fingerprint density at radius 3 is 2.45 bits per heavy atom. The van der Waals surface area contributed by atoms with E-state index in [9.17, 15) is 14.4 Å². The van der Waals surface area contributed by atoms with Crippen molar-refractivity contribution < 1.29 is 24.2 Å². The van der Waals surface area contributed by atoms with Crippen molar-refractivity contribution in [1.29, 1.82) is 0 Å². The fourth-order valence-corrected chi connectivity index (χ4v) is 1.82. The van der Waals surface area contributed by atoms with Crippen LogP contribution in [0.2, 0.25) is 0 Å². The summed E-state index contributed by atoms with van der Waals surface area (Å²) < 4.78 is 4.87. The zero-order valence-electron chi connectivity index (χ0n) is 11.0. The molecule has 0 aromatic heterocycles. The highest BCUT2D eigenvalue weighted by Gasteiger charge is 2.14. The first-order chi connectivity index (χ1) is 9.47. The Kier molecular flexibility index (Phi) is 6.18. The number of hydrogen-bond donors (Lipinski definition) is 1. The number of Topliss-reactive ketones (excluding diaryl/α,β-unsaturated/α-hetero) is 1. The van der Waals surface area contributed by atoms with E-state index in [0.29, 0.717) is 16.7 Å². The molecule has 0 unspecified atom stereocenters. The number of aliphatic carboxylic acids is 1. The van der Waals surface area contributed by atoms with Gasteiger partial charge in [0, 0.05) is 6.42 Å². The number of rotatable bonds is 7. The van der Waals surface area contributed by atoms with E-state index in [4.69, 9.17) is 21.4 Å². The lowest BCUT2D eigenvalue weighted by Crippen LogP contribution is -2.12. The van der Waals surface area contributed by atoms with E-state index in [0.717, 1.165) is 0 Å². The zero-order valence-corrected chi connectivity index (χ0v) is 11.8. The minimum absolute atomic E-state index is 0.000637. The predicted molar refractivity (Wildman–Crippen MR) is 73.2 cm³/mol. The van der Waals surface area contributed by atoms with Gasteiger partial charge in [0.05, 0.1) is 24.5 Å². The first-order valence-corrected chi connectivity index (χ1v) is 6.59. The van der Waals surface area contributed by atoms with E-state index in [1.165, 1.54) is 18.2 Å². The van der Waals surface area contributed by atoms with E-state index in [1.54, 1.807) is 6.92 Å². The van der Waals surface area contributed by atoms with Crippen molar-refractivity contribution in [3.05, 3.63) is 34.9 Å². The summed E-state index contributed by atoms with van der Waals surface area (Å²) in [6.07, 6.45) is -0.215. The summed E-state index contributed by atoms with van der Waals surface area (Å²) in [6, 6.07) is 4.50. The molecule has 0 saturated heterocycles. The average molecular weight is 299 g/mol. The number of hydrogen-bond acceptors (Lipinski definition) is 4. The van der Waals surface area contributed by atoms with E-state index < -0.39 is 11.9 Å². The summed E-state index contributed by atoms with van der Waals surface area (Å²) in [6.45, 7) is 1.93. The van der Waals surface area contributed by atoms with Crippen LogP contribution in [0.3, 0.4) is 0 Å². The molecule has 0 aliphatic carbocycles. The van der Waals surface area contributed by atoms with Gasteiger partial charge in [0.25, 0.3) is 0 Å². The van der Waals surface area contributed by atoms with Gasteiger partial charge in [-0.05, 0) is 30.2 Å². The number of ether oxygens (including phenoxy) is 1. The van der Waals surface area contributed by atoms with Crippen molar-refractivity contribution in [3.63, 3.8) is 0 Å². The molecule has 5 nitrogen and oxygen atoms in total. The van der Waals surface area contributed by atoms with Gasteiger partial charge in [-0.2, -0.15) is 0 Å². The Bertz CT molecular complexity index is 524. The van der Waals surface area contributed by atoms with Crippen LogP contribution in [0.15, 0.2) is 18.2 Å². The Morgan fingerprint density at radius 1 is 1.20 bits per heavy atom. The maximum Gasteiger partial charge on any atom is 0.338 e. The van der Waals surface area contributed by atoms with E-state index >= 15 is 0 Å². The summed E-state index contributed by atoms with van der Waals surface area (Å²) in [7, 11) is 0. The highest BCUT2D eigenvalue weighted by atomic mass is 35.5. The van der Waals surface area contributed by atoms with E-state index in [2.05, 4.69) is 0 Å². The van der Waals surface area contributed by atoms with Crippen molar-refractivity contribution in [3.8, 4) is 0 Å². The minimum atomic E-state index is -1.01. The molecule has 20 heavy (non-hydrogen) atoms. The van der Waals surface area contributed by atoms with Crippen LogP contribution in [0.4, 0.5) is 0 Å². The highest BCUT2D eigenvalue weighted by molar-refractivity contribution is 6.27. The Balaban J connectivity index is 3.10. The lowest BCUT2D eigenvalue weighted by molar-refractivity contribution is -0.136. The summed E-state index contributed by atoms with van der Waals surface area (Å²) in [4.78, 5) is 33.9. The summed E-state index contributed by atoms with van der Waals surface area (Å²) in [5, 5.41) is 8.84. The topological polar surface area (TPSA) is 80.7 Å². The van der Waals surface area contributed by atoms with Gasteiger partial charge in [0.1, 0.15) is 0 Å². The van der Waals surface area contributed by atoms with Gasteiger partial charge in [-0.1, -0.05) is 6.07 Å². The first-order valence-electron chi connectivity index (χ1n) is 6.06.